The molecule has 3 atom stereocenters. The number of hydrogen-bond acceptors (Lipinski definition) is 11. The van der Waals surface area contributed by atoms with Gasteiger partial charge in [-0.3, -0.25) is 18.9 Å². The highest BCUT2D eigenvalue weighted by atomic mass is 31.2. The van der Waals surface area contributed by atoms with Crippen molar-refractivity contribution in [2.24, 2.45) is 5.92 Å². The van der Waals surface area contributed by atoms with Gasteiger partial charge in [0.25, 0.3) is 0 Å². The highest BCUT2D eigenvalue weighted by Crippen LogP contribution is 2.47. The van der Waals surface area contributed by atoms with Gasteiger partial charge in [0.1, 0.15) is 23.9 Å². The zero-order valence-corrected chi connectivity index (χ0v) is 33.2. The number of esters is 1. The summed E-state index contributed by atoms with van der Waals surface area (Å²) in [4.78, 5) is 36.2. The van der Waals surface area contributed by atoms with E-state index in [0.29, 0.717) is 45.3 Å². The number of methoxy groups -OCH3 is 2. The maximum absolute atomic E-state index is 13.3. The SMILES string of the molecule is CCOP(=O)(CC(=O)OCCCC[C@H](OCc1ccc(OC)cc1)[C@@H](C)C(=O)/C=C/C=C/C[C@@H](C/C=C/C=C/C=O)OCc1ccc(OC)cc1)OCC. The molecule has 0 saturated carbocycles. The summed E-state index contributed by atoms with van der Waals surface area (Å²) in [5.41, 5.74) is 1.96. The third kappa shape index (κ3) is 19.3. The molecule has 0 radical (unpaired) electrons. The van der Waals surface area contributed by atoms with Crippen molar-refractivity contribution in [3.63, 3.8) is 0 Å². The molecule has 0 fully saturated rings. The van der Waals surface area contributed by atoms with Crippen LogP contribution in [0.2, 0.25) is 0 Å². The number of ether oxygens (including phenoxy) is 5. The Morgan fingerprint density at radius 1 is 0.741 bits per heavy atom. The van der Waals surface area contributed by atoms with E-state index in [9.17, 15) is 18.9 Å². The average molecular weight is 769 g/mol. The average Bonchev–Trinajstić information content (AvgIpc) is 3.17. The van der Waals surface area contributed by atoms with Gasteiger partial charge in [-0.25, -0.2) is 0 Å². The smallest absolute Gasteiger partial charge is 0.341 e. The second kappa shape index (κ2) is 27.5. The molecule has 0 aliphatic heterocycles. The van der Waals surface area contributed by atoms with Crippen LogP contribution in [0.15, 0.2) is 97.1 Å². The van der Waals surface area contributed by atoms with E-state index in [2.05, 4.69) is 0 Å². The first-order chi connectivity index (χ1) is 26.2. The van der Waals surface area contributed by atoms with Gasteiger partial charge in [-0.15, -0.1) is 0 Å². The molecule has 0 heterocycles. The summed E-state index contributed by atoms with van der Waals surface area (Å²) in [7, 11) is -0.302. The van der Waals surface area contributed by atoms with Crippen LogP contribution in [-0.2, 0) is 55.4 Å². The minimum atomic E-state index is -3.54. The van der Waals surface area contributed by atoms with Crippen LogP contribution >= 0.6 is 7.60 Å². The molecular formula is C42H57O11P. The molecule has 54 heavy (non-hydrogen) atoms. The lowest BCUT2D eigenvalue weighted by Gasteiger charge is -2.23. The summed E-state index contributed by atoms with van der Waals surface area (Å²) in [6, 6.07) is 15.3. The van der Waals surface area contributed by atoms with Gasteiger partial charge >= 0.3 is 13.6 Å². The number of carbonyl (C=O) groups excluding carboxylic acids is 3. The minimum absolute atomic E-state index is 0.0781. The molecule has 0 N–H and O–H groups in total. The molecule has 0 spiro atoms. The number of benzene rings is 2. The van der Waals surface area contributed by atoms with Gasteiger partial charge in [0, 0.05) is 5.92 Å². The zero-order chi connectivity index (χ0) is 39.4. The van der Waals surface area contributed by atoms with Gasteiger partial charge < -0.3 is 32.7 Å². The molecule has 296 valence electrons. The van der Waals surface area contributed by atoms with Gasteiger partial charge in [0.05, 0.1) is 59.5 Å². The Morgan fingerprint density at radius 2 is 1.30 bits per heavy atom. The third-order valence-corrected chi connectivity index (χ3v) is 10.1. The quantitative estimate of drug-likeness (QED) is 0.0197. The van der Waals surface area contributed by atoms with Crippen LogP contribution in [0.25, 0.3) is 0 Å². The predicted molar refractivity (Wildman–Crippen MR) is 210 cm³/mol. The molecule has 0 saturated heterocycles. The molecule has 2 aromatic rings. The molecule has 0 bridgehead atoms. The fourth-order valence-corrected chi connectivity index (χ4v) is 6.59. The fourth-order valence-electron chi connectivity index (χ4n) is 5.14. The summed E-state index contributed by atoms with van der Waals surface area (Å²) in [6.45, 7) is 6.40. The van der Waals surface area contributed by atoms with Crippen molar-refractivity contribution in [3.8, 4) is 11.5 Å². The van der Waals surface area contributed by atoms with Crippen molar-refractivity contribution in [2.75, 3.05) is 40.2 Å². The summed E-state index contributed by atoms with van der Waals surface area (Å²) >= 11 is 0. The summed E-state index contributed by atoms with van der Waals surface area (Å²) < 4.78 is 51.3. The fraction of sp³-hybridized carbons (Fsp3) is 0.452. The number of aldehydes is 1. The van der Waals surface area contributed by atoms with E-state index in [-0.39, 0.29) is 31.7 Å². The number of allylic oxidation sites excluding steroid dienone is 6. The lowest BCUT2D eigenvalue weighted by atomic mass is 9.94. The highest BCUT2D eigenvalue weighted by Gasteiger charge is 2.28. The third-order valence-electron chi connectivity index (χ3n) is 8.14. The Balaban J connectivity index is 1.99. The first kappa shape index (κ1) is 46.0. The van der Waals surface area contributed by atoms with Crippen molar-refractivity contribution in [2.45, 2.75) is 78.3 Å². The van der Waals surface area contributed by atoms with Gasteiger partial charge in [-0.2, -0.15) is 0 Å². The van der Waals surface area contributed by atoms with Crippen LogP contribution in [0, 0.1) is 5.92 Å². The van der Waals surface area contributed by atoms with Gasteiger partial charge in [-0.1, -0.05) is 67.6 Å². The molecular weight excluding hydrogens is 711 g/mol. The van der Waals surface area contributed by atoms with Crippen LogP contribution in [0.4, 0.5) is 0 Å². The topological polar surface area (TPSA) is 133 Å². The maximum atomic E-state index is 13.3. The number of carbonyl (C=O) groups is 3. The van der Waals surface area contributed by atoms with Gasteiger partial charge in [0.2, 0.25) is 0 Å². The van der Waals surface area contributed by atoms with E-state index in [1.165, 1.54) is 6.08 Å². The van der Waals surface area contributed by atoms with Crippen LogP contribution < -0.4 is 9.47 Å². The normalized spacial score (nSPS) is 13.8. The van der Waals surface area contributed by atoms with Crippen molar-refractivity contribution >= 4 is 25.6 Å². The summed E-state index contributed by atoms with van der Waals surface area (Å²) in [5.74, 6) is 0.351. The molecule has 0 aliphatic rings. The van der Waals surface area contributed by atoms with Gasteiger partial charge in [0.15, 0.2) is 5.78 Å². The van der Waals surface area contributed by atoms with Crippen molar-refractivity contribution < 1.29 is 51.7 Å². The molecule has 2 rings (SSSR count). The monoisotopic (exact) mass is 768 g/mol. The second-order valence-electron chi connectivity index (χ2n) is 12.2. The lowest BCUT2D eigenvalue weighted by Crippen LogP contribution is -2.27. The standard InChI is InChI=1S/C42H57O11P/c1-6-52-54(46,53-7-2)33-42(45)49-30-16-14-20-41(51-32-36-23-27-38(48-5)28-24-36)34(3)40(44)19-13-10-12-18-39(17-11-8-9-15-29-43)50-31-35-21-25-37(47-4)26-22-35/h8-13,15,19,21-29,34,39,41H,6-7,14,16-18,20,30-33H2,1-5H3/b11-8+,12-10+,15-9+,19-13+/t34-,39+,41-/m0/s1. The van der Waals surface area contributed by atoms with E-state index in [1.807, 2.05) is 79.8 Å². The molecule has 2 aromatic carbocycles. The highest BCUT2D eigenvalue weighted by molar-refractivity contribution is 7.54. The van der Waals surface area contributed by atoms with E-state index in [4.69, 9.17) is 32.7 Å². The van der Waals surface area contributed by atoms with Crippen molar-refractivity contribution in [1.29, 1.82) is 0 Å². The molecule has 0 aromatic heterocycles. The predicted octanol–water partition coefficient (Wildman–Crippen LogP) is 8.56. The first-order valence-corrected chi connectivity index (χ1v) is 20.1. The van der Waals surface area contributed by atoms with E-state index in [1.54, 1.807) is 46.3 Å². The zero-order valence-electron chi connectivity index (χ0n) is 32.3. The van der Waals surface area contributed by atoms with Gasteiger partial charge in [-0.05, 0) is 93.5 Å². The Kier molecular flexibility index (Phi) is 23.4. The maximum Gasteiger partial charge on any atom is 0.341 e. The number of rotatable bonds is 29. The minimum Gasteiger partial charge on any atom is -0.497 e. The largest absolute Gasteiger partial charge is 0.497 e. The molecule has 0 unspecified atom stereocenters. The Morgan fingerprint density at radius 3 is 1.83 bits per heavy atom. The molecule has 11 nitrogen and oxygen atoms in total. The van der Waals surface area contributed by atoms with Crippen LogP contribution in [0.5, 0.6) is 11.5 Å². The van der Waals surface area contributed by atoms with E-state index in [0.717, 1.165) is 28.9 Å². The van der Waals surface area contributed by atoms with Crippen LogP contribution in [0.3, 0.4) is 0 Å². The number of ketones is 1. The Labute approximate surface area is 320 Å². The summed E-state index contributed by atoms with van der Waals surface area (Å²) in [6.07, 6.45) is 16.7. The van der Waals surface area contributed by atoms with Crippen molar-refractivity contribution in [1.82, 2.24) is 0 Å². The van der Waals surface area contributed by atoms with E-state index < -0.39 is 31.7 Å². The molecule has 0 aliphatic carbocycles. The van der Waals surface area contributed by atoms with Crippen molar-refractivity contribution in [3.05, 3.63) is 108 Å². The van der Waals surface area contributed by atoms with Crippen LogP contribution in [0.1, 0.15) is 64.0 Å². The molecule has 0 amide bonds. The second-order valence-corrected chi connectivity index (χ2v) is 14.3. The first-order valence-electron chi connectivity index (χ1n) is 18.3. The summed E-state index contributed by atoms with van der Waals surface area (Å²) in [5, 5.41) is 0. The van der Waals surface area contributed by atoms with Crippen LogP contribution in [-0.4, -0.2) is 70.4 Å². The van der Waals surface area contributed by atoms with E-state index >= 15 is 0 Å². The lowest BCUT2D eigenvalue weighted by molar-refractivity contribution is -0.141. The Bertz CT molecular complexity index is 1520. The number of hydrogen-bond donors (Lipinski definition) is 0. The molecule has 12 heteroatoms. The number of unbranched alkanes of at least 4 members (excludes halogenated alkanes) is 1. The Hall–Kier alpha value is -4.12.